The van der Waals surface area contributed by atoms with E-state index in [2.05, 4.69) is 27.5 Å². The number of aromatic nitrogens is 1. The van der Waals surface area contributed by atoms with Crippen molar-refractivity contribution in [2.75, 3.05) is 38.2 Å². The minimum atomic E-state index is -0.0493. The number of carbonyl (C=O) groups is 2. The largest absolute Gasteiger partial charge is 0.493 e. The molecule has 1 aromatic heterocycles. The number of benzene rings is 1. The third-order valence-corrected chi connectivity index (χ3v) is 8.75. The standard InChI is InChI=1S/C29H37N5O3/c1-18-24(7-5-19-10-13-37-27(18)19)29(36)32-23-14-20-4-3-11-34(25(20)15-23)26-8-6-21(16-30-26)28(35)31-22-9-12-33(2)17-22/h5-8,16,20,22-23,25H,3-4,9-15,17H2,1-2H3,(H,31,35)(H,32,36)/t20?,22-,23?,25?/m1/s1. The van der Waals surface area contributed by atoms with Crippen LogP contribution < -0.4 is 20.3 Å². The Bertz CT molecular complexity index is 1180. The zero-order valence-electron chi connectivity index (χ0n) is 21.8. The molecule has 1 saturated carbocycles. The van der Waals surface area contributed by atoms with Crippen molar-refractivity contribution in [3.8, 4) is 5.75 Å². The average Bonchev–Trinajstić information content (AvgIpc) is 3.63. The van der Waals surface area contributed by atoms with Gasteiger partial charge in [0.05, 0.1) is 12.2 Å². The van der Waals surface area contributed by atoms with E-state index in [0.717, 1.165) is 68.9 Å². The lowest BCUT2D eigenvalue weighted by Gasteiger charge is -2.38. The lowest BCUT2D eigenvalue weighted by Crippen LogP contribution is -2.43. The van der Waals surface area contributed by atoms with Crippen LogP contribution in [0.15, 0.2) is 30.5 Å². The molecule has 3 unspecified atom stereocenters. The molecule has 1 aromatic carbocycles. The second-order valence-electron chi connectivity index (χ2n) is 11.3. The molecule has 3 aliphatic heterocycles. The molecule has 2 saturated heterocycles. The van der Waals surface area contributed by atoms with Crippen LogP contribution in [0.2, 0.25) is 0 Å². The normalized spacial score (nSPS) is 26.9. The summed E-state index contributed by atoms with van der Waals surface area (Å²) in [5, 5.41) is 6.45. The van der Waals surface area contributed by atoms with Crippen molar-refractivity contribution in [3.05, 3.63) is 52.7 Å². The van der Waals surface area contributed by atoms with Crippen LogP contribution in [-0.2, 0) is 6.42 Å². The van der Waals surface area contributed by atoms with Gasteiger partial charge in [-0.05, 0) is 82.3 Å². The molecule has 196 valence electrons. The van der Waals surface area contributed by atoms with Crippen molar-refractivity contribution in [2.24, 2.45) is 5.92 Å². The predicted octanol–water partition coefficient (Wildman–Crippen LogP) is 2.94. The van der Waals surface area contributed by atoms with Crippen LogP contribution in [0.4, 0.5) is 5.82 Å². The second kappa shape index (κ2) is 9.97. The van der Waals surface area contributed by atoms with E-state index < -0.39 is 0 Å². The predicted molar refractivity (Wildman–Crippen MR) is 142 cm³/mol. The summed E-state index contributed by atoms with van der Waals surface area (Å²) in [6.07, 6.45) is 7.80. The third-order valence-electron chi connectivity index (χ3n) is 8.75. The van der Waals surface area contributed by atoms with Crippen molar-refractivity contribution in [2.45, 2.75) is 63.6 Å². The van der Waals surface area contributed by atoms with Crippen molar-refractivity contribution >= 4 is 17.6 Å². The van der Waals surface area contributed by atoms with Crippen LogP contribution in [0, 0.1) is 12.8 Å². The number of carbonyl (C=O) groups excluding carboxylic acids is 2. The SMILES string of the molecule is Cc1c(C(=O)NC2CC3CCCN(c4ccc(C(=O)N[C@@H]5CCN(C)C5)cn4)C3C2)ccc2c1OCC2. The Hall–Kier alpha value is -3.13. The third kappa shape index (κ3) is 4.79. The fourth-order valence-electron chi connectivity index (χ4n) is 6.82. The lowest BCUT2D eigenvalue weighted by molar-refractivity contribution is 0.0928. The number of pyridine rings is 1. The number of nitrogens with one attached hydrogen (secondary N) is 2. The number of rotatable bonds is 5. The Morgan fingerprint density at radius 2 is 1.89 bits per heavy atom. The van der Waals surface area contributed by atoms with E-state index in [4.69, 9.17) is 9.72 Å². The Morgan fingerprint density at radius 3 is 2.68 bits per heavy atom. The highest BCUT2D eigenvalue weighted by atomic mass is 16.5. The van der Waals surface area contributed by atoms with E-state index in [1.165, 1.54) is 12.0 Å². The van der Waals surface area contributed by atoms with Crippen molar-refractivity contribution < 1.29 is 14.3 Å². The maximum atomic E-state index is 13.2. The van der Waals surface area contributed by atoms with E-state index in [-0.39, 0.29) is 23.9 Å². The molecule has 0 spiro atoms. The summed E-state index contributed by atoms with van der Waals surface area (Å²) in [6.45, 7) is 5.54. The molecule has 2 aromatic rings. The molecule has 3 fully saturated rings. The first-order valence-corrected chi connectivity index (χ1v) is 13.7. The van der Waals surface area contributed by atoms with E-state index in [9.17, 15) is 9.59 Å². The first-order chi connectivity index (χ1) is 18.0. The number of amides is 2. The lowest BCUT2D eigenvalue weighted by atomic mass is 9.92. The zero-order chi connectivity index (χ0) is 25.5. The number of hydrogen-bond donors (Lipinski definition) is 2. The molecular weight excluding hydrogens is 466 g/mol. The number of hydrogen-bond acceptors (Lipinski definition) is 6. The van der Waals surface area contributed by atoms with Crippen LogP contribution in [0.3, 0.4) is 0 Å². The van der Waals surface area contributed by atoms with Crippen molar-refractivity contribution in [3.63, 3.8) is 0 Å². The zero-order valence-corrected chi connectivity index (χ0v) is 21.8. The van der Waals surface area contributed by atoms with Gasteiger partial charge >= 0.3 is 0 Å². The Morgan fingerprint density at radius 1 is 1.03 bits per heavy atom. The number of piperidine rings is 1. The number of anilines is 1. The summed E-state index contributed by atoms with van der Waals surface area (Å²) in [7, 11) is 2.08. The van der Waals surface area contributed by atoms with Gasteiger partial charge in [-0.1, -0.05) is 6.07 Å². The summed E-state index contributed by atoms with van der Waals surface area (Å²) in [5.74, 6) is 2.29. The average molecular weight is 504 g/mol. The molecule has 8 nitrogen and oxygen atoms in total. The smallest absolute Gasteiger partial charge is 0.253 e. The minimum absolute atomic E-state index is 0.00653. The van der Waals surface area contributed by atoms with Gasteiger partial charge in [-0.25, -0.2) is 4.98 Å². The van der Waals surface area contributed by atoms with Crippen LogP contribution in [-0.4, -0.2) is 73.1 Å². The second-order valence-corrected chi connectivity index (χ2v) is 11.3. The first kappa shape index (κ1) is 24.2. The molecule has 2 amide bonds. The fraction of sp³-hybridized carbons (Fsp3) is 0.552. The van der Waals surface area contributed by atoms with Gasteiger partial charge in [-0.3, -0.25) is 9.59 Å². The van der Waals surface area contributed by atoms with Crippen LogP contribution in [0.25, 0.3) is 0 Å². The summed E-state index contributed by atoms with van der Waals surface area (Å²) < 4.78 is 5.77. The van der Waals surface area contributed by atoms with Gasteiger partial charge in [-0.2, -0.15) is 0 Å². The molecule has 0 bridgehead atoms. The highest BCUT2D eigenvalue weighted by Crippen LogP contribution is 2.39. The summed E-state index contributed by atoms with van der Waals surface area (Å²) in [6, 6.07) is 8.56. The van der Waals surface area contributed by atoms with E-state index in [0.29, 0.717) is 29.7 Å². The van der Waals surface area contributed by atoms with Gasteiger partial charge in [-0.15, -0.1) is 0 Å². The van der Waals surface area contributed by atoms with Gasteiger partial charge in [0.15, 0.2) is 0 Å². The van der Waals surface area contributed by atoms with Crippen LogP contribution in [0.5, 0.6) is 5.75 Å². The van der Waals surface area contributed by atoms with E-state index in [1.54, 1.807) is 6.20 Å². The van der Waals surface area contributed by atoms with Gasteiger partial charge < -0.3 is 25.2 Å². The number of fused-ring (bicyclic) bond motifs is 2. The summed E-state index contributed by atoms with van der Waals surface area (Å²) in [5.41, 5.74) is 3.46. The highest BCUT2D eigenvalue weighted by Gasteiger charge is 2.41. The Balaban J connectivity index is 1.10. The quantitative estimate of drug-likeness (QED) is 0.653. The van der Waals surface area contributed by atoms with E-state index in [1.807, 2.05) is 31.2 Å². The molecule has 0 radical (unpaired) electrons. The number of ether oxygens (including phenoxy) is 1. The van der Waals surface area contributed by atoms with Gasteiger partial charge in [0.2, 0.25) is 0 Å². The monoisotopic (exact) mass is 503 g/mol. The molecule has 4 atom stereocenters. The number of nitrogens with zero attached hydrogens (tertiary/aromatic N) is 3. The summed E-state index contributed by atoms with van der Waals surface area (Å²) >= 11 is 0. The molecule has 4 heterocycles. The van der Waals surface area contributed by atoms with Crippen molar-refractivity contribution in [1.82, 2.24) is 20.5 Å². The maximum Gasteiger partial charge on any atom is 0.253 e. The molecule has 8 heteroatoms. The molecule has 37 heavy (non-hydrogen) atoms. The highest BCUT2D eigenvalue weighted by molar-refractivity contribution is 5.96. The molecule has 2 N–H and O–H groups in total. The first-order valence-electron chi connectivity index (χ1n) is 13.7. The Kier molecular flexibility index (Phi) is 6.53. The maximum absolute atomic E-state index is 13.2. The molecule has 6 rings (SSSR count). The van der Waals surface area contributed by atoms with Crippen molar-refractivity contribution in [1.29, 1.82) is 0 Å². The minimum Gasteiger partial charge on any atom is -0.493 e. The molecule has 1 aliphatic carbocycles. The van der Waals surface area contributed by atoms with Crippen LogP contribution in [0.1, 0.15) is 63.9 Å². The van der Waals surface area contributed by atoms with Gasteiger partial charge in [0, 0.05) is 55.0 Å². The van der Waals surface area contributed by atoms with Crippen LogP contribution >= 0.6 is 0 Å². The fourth-order valence-corrected chi connectivity index (χ4v) is 6.82. The Labute approximate surface area is 218 Å². The summed E-state index contributed by atoms with van der Waals surface area (Å²) in [4.78, 5) is 35.2. The molecular formula is C29H37N5O3. The van der Waals surface area contributed by atoms with E-state index >= 15 is 0 Å². The number of likely N-dealkylation sites (tertiary alicyclic amines) is 1. The number of likely N-dealkylation sites (N-methyl/N-ethyl adjacent to an activating group) is 1. The van der Waals surface area contributed by atoms with Gasteiger partial charge in [0.25, 0.3) is 11.8 Å². The van der Waals surface area contributed by atoms with Gasteiger partial charge in [0.1, 0.15) is 11.6 Å². The topological polar surface area (TPSA) is 86.8 Å². The molecule has 4 aliphatic rings.